The minimum absolute atomic E-state index is 0.0215. The molecule has 2 rings (SSSR count). The van der Waals surface area contributed by atoms with E-state index in [2.05, 4.69) is 5.48 Å². The highest BCUT2D eigenvalue weighted by atomic mass is 32.2. The molecule has 8 heteroatoms. The van der Waals surface area contributed by atoms with Gasteiger partial charge in [0.15, 0.2) is 0 Å². The second kappa shape index (κ2) is 9.68. The molecule has 0 radical (unpaired) electrons. The summed E-state index contributed by atoms with van der Waals surface area (Å²) in [6, 6.07) is 12.5. The Labute approximate surface area is 178 Å². The molecular formula is C22H29FN2O4S. The number of carbonyl (C=O) groups is 1. The Balaban J connectivity index is 2.49. The normalized spacial score (nSPS) is 13.5. The van der Waals surface area contributed by atoms with Crippen LogP contribution in [0.1, 0.15) is 40.2 Å². The van der Waals surface area contributed by atoms with Gasteiger partial charge in [0.2, 0.25) is 10.0 Å². The minimum atomic E-state index is -4.11. The van der Waals surface area contributed by atoms with E-state index < -0.39 is 33.4 Å². The Kier molecular flexibility index (Phi) is 7.74. The van der Waals surface area contributed by atoms with E-state index >= 15 is 0 Å². The standard InChI is InChI=1S/C22H29FN2O4S/c1-16(2)20(21(26)24-29-22(3,4)5)25(15-17-9-7-6-8-10-17)30(27,28)19-13-11-18(23)12-14-19/h6-14,16,20H,15H2,1-5H3,(H,24,26)/t20-/m1/s1. The van der Waals surface area contributed by atoms with Crippen LogP contribution in [0.5, 0.6) is 0 Å². The molecule has 1 N–H and O–H groups in total. The van der Waals surface area contributed by atoms with Crippen LogP contribution in [0.4, 0.5) is 4.39 Å². The summed E-state index contributed by atoms with van der Waals surface area (Å²) in [5.74, 6) is -1.46. The fraction of sp³-hybridized carbons (Fsp3) is 0.409. The number of benzene rings is 2. The van der Waals surface area contributed by atoms with E-state index in [0.29, 0.717) is 0 Å². The summed E-state index contributed by atoms with van der Waals surface area (Å²) in [5, 5.41) is 0. The predicted octanol–water partition coefficient (Wildman–Crippen LogP) is 3.89. The molecule has 1 amide bonds. The van der Waals surface area contributed by atoms with Gasteiger partial charge in [-0.3, -0.25) is 9.63 Å². The third kappa shape index (κ3) is 6.35. The van der Waals surface area contributed by atoms with Crippen molar-refractivity contribution >= 4 is 15.9 Å². The number of sulfonamides is 1. The Morgan fingerprint density at radius 1 is 1.07 bits per heavy atom. The van der Waals surface area contributed by atoms with Crippen LogP contribution in [0.15, 0.2) is 59.5 Å². The Hall–Kier alpha value is -2.29. The van der Waals surface area contributed by atoms with Gasteiger partial charge in [0.25, 0.3) is 5.91 Å². The van der Waals surface area contributed by atoms with Gasteiger partial charge < -0.3 is 0 Å². The first-order valence-corrected chi connectivity index (χ1v) is 11.1. The first-order valence-electron chi connectivity index (χ1n) is 9.71. The van der Waals surface area contributed by atoms with Crippen molar-refractivity contribution in [3.63, 3.8) is 0 Å². The highest BCUT2D eigenvalue weighted by molar-refractivity contribution is 7.89. The molecule has 0 aromatic heterocycles. The molecule has 0 saturated heterocycles. The van der Waals surface area contributed by atoms with Gasteiger partial charge in [-0.15, -0.1) is 0 Å². The number of hydrogen-bond acceptors (Lipinski definition) is 4. The van der Waals surface area contributed by atoms with Crippen LogP contribution in [-0.4, -0.2) is 30.3 Å². The van der Waals surface area contributed by atoms with Crippen LogP contribution in [0, 0.1) is 11.7 Å². The molecular weight excluding hydrogens is 407 g/mol. The number of hydrogen-bond donors (Lipinski definition) is 1. The molecule has 2 aromatic carbocycles. The largest absolute Gasteiger partial charge is 0.271 e. The lowest BCUT2D eigenvalue weighted by Gasteiger charge is -2.33. The zero-order valence-electron chi connectivity index (χ0n) is 17.9. The predicted molar refractivity (Wildman–Crippen MR) is 113 cm³/mol. The molecule has 0 bridgehead atoms. The number of nitrogens with zero attached hydrogens (tertiary/aromatic N) is 1. The number of amides is 1. The summed E-state index contributed by atoms with van der Waals surface area (Å²) in [7, 11) is -4.11. The van der Waals surface area contributed by atoms with Gasteiger partial charge in [0, 0.05) is 6.54 Å². The lowest BCUT2D eigenvalue weighted by Crippen LogP contribution is -2.52. The van der Waals surface area contributed by atoms with Crippen molar-refractivity contribution in [3.8, 4) is 0 Å². The average Bonchev–Trinajstić information content (AvgIpc) is 2.66. The van der Waals surface area contributed by atoms with Crippen molar-refractivity contribution in [2.45, 2.75) is 57.7 Å². The van der Waals surface area contributed by atoms with Gasteiger partial charge in [-0.2, -0.15) is 4.31 Å². The smallest absolute Gasteiger partial charge is 0.262 e. The molecule has 1 atom stereocenters. The summed E-state index contributed by atoms with van der Waals surface area (Å²) >= 11 is 0. The zero-order valence-corrected chi connectivity index (χ0v) is 18.7. The van der Waals surface area contributed by atoms with Gasteiger partial charge in [0.05, 0.1) is 10.5 Å². The van der Waals surface area contributed by atoms with Crippen LogP contribution < -0.4 is 5.48 Å². The average molecular weight is 437 g/mol. The Morgan fingerprint density at radius 2 is 1.63 bits per heavy atom. The highest BCUT2D eigenvalue weighted by Gasteiger charge is 2.38. The van der Waals surface area contributed by atoms with Crippen molar-refractivity contribution in [1.29, 1.82) is 0 Å². The van der Waals surface area contributed by atoms with E-state index in [1.54, 1.807) is 58.9 Å². The lowest BCUT2D eigenvalue weighted by molar-refractivity contribution is -0.151. The second-order valence-electron chi connectivity index (χ2n) is 8.36. The topological polar surface area (TPSA) is 75.7 Å². The third-order valence-corrected chi connectivity index (χ3v) is 6.11. The monoisotopic (exact) mass is 436 g/mol. The number of rotatable bonds is 8. The van der Waals surface area contributed by atoms with Crippen molar-refractivity contribution in [2.24, 2.45) is 5.92 Å². The maximum atomic E-state index is 13.5. The highest BCUT2D eigenvalue weighted by Crippen LogP contribution is 2.25. The molecule has 0 heterocycles. The summed E-state index contributed by atoms with van der Waals surface area (Å²) in [6.07, 6.45) is 0. The van der Waals surface area contributed by atoms with Crippen molar-refractivity contribution in [1.82, 2.24) is 9.79 Å². The molecule has 0 aliphatic carbocycles. The third-order valence-electron chi connectivity index (χ3n) is 4.27. The van der Waals surface area contributed by atoms with E-state index in [0.717, 1.165) is 22.0 Å². The second-order valence-corrected chi connectivity index (χ2v) is 10.2. The number of hydroxylamine groups is 1. The molecule has 0 spiro atoms. The molecule has 30 heavy (non-hydrogen) atoms. The van der Waals surface area contributed by atoms with Crippen molar-refractivity contribution < 1.29 is 22.4 Å². The van der Waals surface area contributed by atoms with Crippen LogP contribution in [0.25, 0.3) is 0 Å². The molecule has 0 saturated carbocycles. The van der Waals surface area contributed by atoms with E-state index in [-0.39, 0.29) is 17.4 Å². The van der Waals surface area contributed by atoms with Gasteiger partial charge in [-0.05, 0) is 56.5 Å². The quantitative estimate of drug-likeness (QED) is 0.637. The molecule has 0 unspecified atom stereocenters. The molecule has 0 fully saturated rings. The van der Waals surface area contributed by atoms with Crippen molar-refractivity contribution in [3.05, 3.63) is 66.0 Å². The van der Waals surface area contributed by atoms with Gasteiger partial charge in [0.1, 0.15) is 11.9 Å². The fourth-order valence-corrected chi connectivity index (χ4v) is 4.58. The van der Waals surface area contributed by atoms with E-state index in [4.69, 9.17) is 4.84 Å². The van der Waals surface area contributed by atoms with Crippen molar-refractivity contribution in [2.75, 3.05) is 0 Å². The van der Waals surface area contributed by atoms with E-state index in [1.807, 2.05) is 6.07 Å². The molecule has 0 aliphatic heterocycles. The maximum Gasteiger partial charge on any atom is 0.262 e. The van der Waals surface area contributed by atoms with Crippen LogP contribution in [-0.2, 0) is 26.2 Å². The molecule has 2 aromatic rings. The van der Waals surface area contributed by atoms with Crippen LogP contribution in [0.2, 0.25) is 0 Å². The summed E-state index contributed by atoms with van der Waals surface area (Å²) in [5.41, 5.74) is 2.48. The number of carbonyl (C=O) groups excluding carboxylic acids is 1. The van der Waals surface area contributed by atoms with Crippen LogP contribution >= 0.6 is 0 Å². The number of nitrogens with one attached hydrogen (secondary N) is 1. The fourth-order valence-electron chi connectivity index (χ4n) is 2.87. The van der Waals surface area contributed by atoms with Crippen LogP contribution in [0.3, 0.4) is 0 Å². The zero-order chi connectivity index (χ0) is 22.5. The maximum absolute atomic E-state index is 13.5. The number of halogens is 1. The summed E-state index contributed by atoms with van der Waals surface area (Å²) in [4.78, 5) is 18.3. The lowest BCUT2D eigenvalue weighted by atomic mass is 10.0. The Morgan fingerprint density at radius 3 is 2.13 bits per heavy atom. The SMILES string of the molecule is CC(C)[C@H](C(=O)NOC(C)(C)C)N(Cc1ccccc1)S(=O)(=O)c1ccc(F)cc1. The van der Waals surface area contributed by atoms with Gasteiger partial charge in [-0.25, -0.2) is 18.3 Å². The van der Waals surface area contributed by atoms with Gasteiger partial charge >= 0.3 is 0 Å². The first-order chi connectivity index (χ1) is 13.9. The Bertz CT molecular complexity index is 939. The van der Waals surface area contributed by atoms with E-state index in [1.165, 1.54) is 12.1 Å². The summed E-state index contributed by atoms with van der Waals surface area (Å²) in [6.45, 7) is 8.82. The molecule has 164 valence electrons. The molecule has 0 aliphatic rings. The summed E-state index contributed by atoms with van der Waals surface area (Å²) < 4.78 is 41.5. The minimum Gasteiger partial charge on any atom is -0.271 e. The van der Waals surface area contributed by atoms with Gasteiger partial charge in [-0.1, -0.05) is 44.2 Å². The molecule has 6 nitrogen and oxygen atoms in total. The van der Waals surface area contributed by atoms with E-state index in [9.17, 15) is 17.6 Å². The first kappa shape index (κ1) is 24.0.